The number of hydrogen-bond acceptors (Lipinski definition) is 3. The Labute approximate surface area is 149 Å². The molecule has 5 nitrogen and oxygen atoms in total. The summed E-state index contributed by atoms with van der Waals surface area (Å²) in [7, 11) is 1.61. The molecule has 0 radical (unpaired) electrons. The molecule has 134 valence electrons. The second kappa shape index (κ2) is 6.54. The molecule has 2 saturated heterocycles. The van der Waals surface area contributed by atoms with E-state index < -0.39 is 5.41 Å². The molecule has 2 fully saturated rings. The first-order chi connectivity index (χ1) is 11.9. The predicted octanol–water partition coefficient (Wildman–Crippen LogP) is 2.50. The van der Waals surface area contributed by atoms with Crippen molar-refractivity contribution in [2.75, 3.05) is 33.3 Å². The first-order valence-electron chi connectivity index (χ1n) is 8.77. The van der Waals surface area contributed by atoms with Crippen molar-refractivity contribution in [3.8, 4) is 5.75 Å². The van der Waals surface area contributed by atoms with E-state index in [1.807, 2.05) is 34.9 Å². The van der Waals surface area contributed by atoms with Crippen LogP contribution in [0.2, 0.25) is 0 Å². The van der Waals surface area contributed by atoms with E-state index in [2.05, 4.69) is 13.5 Å². The van der Waals surface area contributed by atoms with Gasteiger partial charge in [0.15, 0.2) is 0 Å². The SMILES string of the molecule is C=CCN1CC[C@]2(CN(C(=O)c3ccc(OC)cc3C)C[C@H]2C)C1=O. The van der Waals surface area contributed by atoms with E-state index in [1.54, 1.807) is 13.2 Å². The Morgan fingerprint density at radius 3 is 2.88 bits per heavy atom. The number of likely N-dealkylation sites (tertiary alicyclic amines) is 2. The molecule has 0 unspecified atom stereocenters. The first kappa shape index (κ1) is 17.5. The van der Waals surface area contributed by atoms with Crippen LogP contribution in [0.1, 0.15) is 29.3 Å². The van der Waals surface area contributed by atoms with Gasteiger partial charge in [0.1, 0.15) is 5.75 Å². The number of carbonyl (C=O) groups excluding carboxylic acids is 2. The van der Waals surface area contributed by atoms with Gasteiger partial charge in [0.05, 0.1) is 12.5 Å². The maximum absolute atomic E-state index is 13.0. The largest absolute Gasteiger partial charge is 0.497 e. The van der Waals surface area contributed by atoms with Crippen molar-refractivity contribution >= 4 is 11.8 Å². The van der Waals surface area contributed by atoms with Gasteiger partial charge >= 0.3 is 0 Å². The van der Waals surface area contributed by atoms with E-state index in [1.165, 1.54) is 0 Å². The van der Waals surface area contributed by atoms with Crippen LogP contribution in [0.3, 0.4) is 0 Å². The highest BCUT2D eigenvalue weighted by Gasteiger charge is 2.55. The number of benzene rings is 1. The Kier molecular flexibility index (Phi) is 4.58. The third kappa shape index (κ3) is 2.81. The number of hydrogen-bond donors (Lipinski definition) is 0. The van der Waals surface area contributed by atoms with Gasteiger partial charge in [-0.3, -0.25) is 9.59 Å². The van der Waals surface area contributed by atoms with Crippen LogP contribution in [0, 0.1) is 18.3 Å². The number of aryl methyl sites for hydroxylation is 1. The molecular formula is C20H26N2O3. The molecule has 2 aliphatic heterocycles. The molecule has 2 heterocycles. The molecule has 3 rings (SSSR count). The normalized spacial score (nSPS) is 25.7. The molecule has 2 aliphatic rings. The minimum atomic E-state index is -0.432. The van der Waals surface area contributed by atoms with Crippen LogP contribution >= 0.6 is 0 Å². The third-order valence-electron chi connectivity index (χ3n) is 5.75. The molecule has 25 heavy (non-hydrogen) atoms. The zero-order valence-electron chi connectivity index (χ0n) is 15.2. The summed E-state index contributed by atoms with van der Waals surface area (Å²) in [5.74, 6) is 1.07. The number of rotatable bonds is 4. The van der Waals surface area contributed by atoms with E-state index in [0.717, 1.165) is 24.3 Å². The van der Waals surface area contributed by atoms with Gasteiger partial charge in [-0.1, -0.05) is 13.0 Å². The van der Waals surface area contributed by atoms with Gasteiger partial charge in [-0.05, 0) is 43.0 Å². The van der Waals surface area contributed by atoms with E-state index in [0.29, 0.717) is 25.2 Å². The highest BCUT2D eigenvalue weighted by molar-refractivity contribution is 5.97. The molecule has 1 spiro atoms. The van der Waals surface area contributed by atoms with Gasteiger partial charge in [-0.15, -0.1) is 6.58 Å². The maximum Gasteiger partial charge on any atom is 0.254 e. The molecule has 1 aromatic rings. The summed E-state index contributed by atoms with van der Waals surface area (Å²) in [5, 5.41) is 0. The fourth-order valence-corrected chi connectivity index (χ4v) is 4.19. The van der Waals surface area contributed by atoms with Crippen molar-refractivity contribution in [3.63, 3.8) is 0 Å². The van der Waals surface area contributed by atoms with E-state index in [4.69, 9.17) is 4.74 Å². The van der Waals surface area contributed by atoms with E-state index >= 15 is 0 Å². The summed E-state index contributed by atoms with van der Waals surface area (Å²) >= 11 is 0. The van der Waals surface area contributed by atoms with Crippen molar-refractivity contribution in [1.82, 2.24) is 9.80 Å². The summed E-state index contributed by atoms with van der Waals surface area (Å²) in [5.41, 5.74) is 1.14. The molecule has 0 N–H and O–H groups in total. The summed E-state index contributed by atoms with van der Waals surface area (Å²) in [4.78, 5) is 29.6. The third-order valence-corrected chi connectivity index (χ3v) is 5.75. The molecule has 5 heteroatoms. The van der Waals surface area contributed by atoms with Gasteiger partial charge in [-0.25, -0.2) is 0 Å². The minimum absolute atomic E-state index is 0.00107. The molecule has 1 aromatic carbocycles. The summed E-state index contributed by atoms with van der Waals surface area (Å²) in [6.45, 7) is 10.2. The quantitative estimate of drug-likeness (QED) is 0.790. The molecule has 2 amide bonds. The maximum atomic E-state index is 13.0. The average molecular weight is 342 g/mol. The number of nitrogens with zero attached hydrogens (tertiary/aromatic N) is 2. The highest BCUT2D eigenvalue weighted by Crippen LogP contribution is 2.45. The lowest BCUT2D eigenvalue weighted by Crippen LogP contribution is -2.40. The smallest absolute Gasteiger partial charge is 0.254 e. The van der Waals surface area contributed by atoms with Gasteiger partial charge < -0.3 is 14.5 Å². The molecule has 0 aliphatic carbocycles. The highest BCUT2D eigenvalue weighted by atomic mass is 16.5. The molecule has 0 saturated carbocycles. The first-order valence-corrected chi connectivity index (χ1v) is 8.77. The zero-order valence-corrected chi connectivity index (χ0v) is 15.2. The number of amides is 2. The van der Waals surface area contributed by atoms with Crippen LogP contribution in [-0.2, 0) is 4.79 Å². The second-order valence-electron chi connectivity index (χ2n) is 7.21. The second-order valence-corrected chi connectivity index (χ2v) is 7.21. The van der Waals surface area contributed by atoms with Crippen LogP contribution in [0.25, 0.3) is 0 Å². The van der Waals surface area contributed by atoms with Gasteiger partial charge in [-0.2, -0.15) is 0 Å². The Balaban J connectivity index is 1.81. The Morgan fingerprint density at radius 1 is 1.48 bits per heavy atom. The van der Waals surface area contributed by atoms with Crippen LogP contribution in [0.5, 0.6) is 5.75 Å². The Morgan fingerprint density at radius 2 is 2.24 bits per heavy atom. The Hall–Kier alpha value is -2.30. The van der Waals surface area contributed by atoms with Gasteiger partial charge in [0.25, 0.3) is 5.91 Å². The number of carbonyl (C=O) groups is 2. The minimum Gasteiger partial charge on any atom is -0.497 e. The average Bonchev–Trinajstić information content (AvgIpc) is 3.10. The lowest BCUT2D eigenvalue weighted by atomic mass is 9.78. The topological polar surface area (TPSA) is 49.9 Å². The predicted molar refractivity (Wildman–Crippen MR) is 96.6 cm³/mol. The van der Waals surface area contributed by atoms with Crippen molar-refractivity contribution in [2.24, 2.45) is 11.3 Å². The van der Waals surface area contributed by atoms with Gasteiger partial charge in [0, 0.05) is 31.7 Å². The lowest BCUT2D eigenvalue weighted by Gasteiger charge is -2.26. The van der Waals surface area contributed by atoms with Crippen molar-refractivity contribution in [3.05, 3.63) is 42.0 Å². The fraction of sp³-hybridized carbons (Fsp3) is 0.500. The zero-order chi connectivity index (χ0) is 18.2. The summed E-state index contributed by atoms with van der Waals surface area (Å²) in [6.07, 6.45) is 2.58. The van der Waals surface area contributed by atoms with Crippen molar-refractivity contribution in [1.29, 1.82) is 0 Å². The van der Waals surface area contributed by atoms with Crippen LogP contribution in [0.4, 0.5) is 0 Å². The fourth-order valence-electron chi connectivity index (χ4n) is 4.19. The number of methoxy groups -OCH3 is 1. The molecule has 2 atom stereocenters. The molecule has 0 aromatic heterocycles. The summed E-state index contributed by atoms with van der Waals surface area (Å²) in [6, 6.07) is 5.49. The van der Waals surface area contributed by atoms with Gasteiger partial charge in [0.2, 0.25) is 5.91 Å². The lowest BCUT2D eigenvalue weighted by molar-refractivity contribution is -0.136. The van der Waals surface area contributed by atoms with E-state index in [-0.39, 0.29) is 17.7 Å². The summed E-state index contributed by atoms with van der Waals surface area (Å²) < 4.78 is 5.21. The standard InChI is InChI=1S/C20H26N2O3/c1-5-9-21-10-8-20(19(21)24)13-22(12-15(20)3)18(23)17-7-6-16(25-4)11-14(17)2/h5-7,11,15H,1,8-10,12-13H2,2-4H3/t15-,20-/m1/s1. The van der Waals surface area contributed by atoms with Crippen LogP contribution in [0.15, 0.2) is 30.9 Å². The molecular weight excluding hydrogens is 316 g/mol. The van der Waals surface area contributed by atoms with Crippen molar-refractivity contribution in [2.45, 2.75) is 20.3 Å². The monoisotopic (exact) mass is 342 g/mol. The van der Waals surface area contributed by atoms with Crippen LogP contribution in [-0.4, -0.2) is 54.9 Å². The van der Waals surface area contributed by atoms with Crippen molar-refractivity contribution < 1.29 is 14.3 Å². The van der Waals surface area contributed by atoms with Crippen LogP contribution < -0.4 is 4.74 Å². The van der Waals surface area contributed by atoms with E-state index in [9.17, 15) is 9.59 Å². The Bertz CT molecular complexity index is 715. The number of ether oxygens (including phenoxy) is 1. The molecule has 0 bridgehead atoms.